The number of amides is 2. The number of rotatable bonds is 4. The first-order valence-electron chi connectivity index (χ1n) is 15.7. The standard InChI is InChI=1S/C21H29BClF3N2O5.C12H9ClFN3O/c1-18(2,3)31-17(29)28-10-13(30-14(11-28)21(24,25)26)12-8-15(27-16(23)9-12)22-32-19(4,5)20(6,7)33-22;1-15-12(18)9-5-7(6-11(14)17-9)8-3-2-4-10(13)16-8/h8-9,13-14H,10-11H2,1-7H3;2-6H,1H3,(H,15,18). The van der Waals surface area contributed by atoms with Crippen LogP contribution in [0.2, 0.25) is 10.3 Å². The number of alkyl halides is 3. The van der Waals surface area contributed by atoms with Gasteiger partial charge in [-0.1, -0.05) is 29.3 Å². The first-order valence-corrected chi connectivity index (χ1v) is 16.5. The average molecular weight is 758 g/mol. The highest BCUT2D eigenvalue weighted by Gasteiger charge is 2.53. The summed E-state index contributed by atoms with van der Waals surface area (Å²) in [5, 5.41) is 2.72. The highest BCUT2D eigenvalue weighted by Crippen LogP contribution is 2.38. The van der Waals surface area contributed by atoms with Crippen molar-refractivity contribution < 1.29 is 45.9 Å². The number of hydrogen-bond donors (Lipinski definition) is 1. The van der Waals surface area contributed by atoms with Crippen molar-refractivity contribution in [3.63, 3.8) is 0 Å². The van der Waals surface area contributed by atoms with Crippen molar-refractivity contribution in [2.45, 2.75) is 83.7 Å². The molecule has 18 heteroatoms. The van der Waals surface area contributed by atoms with Crippen LogP contribution in [0.1, 0.15) is 70.6 Å². The fraction of sp³-hybridized carbons (Fsp3) is 0.485. The molecule has 0 saturated carbocycles. The lowest BCUT2D eigenvalue weighted by Gasteiger charge is -2.39. The molecular weight excluding hydrogens is 720 g/mol. The van der Waals surface area contributed by atoms with Crippen LogP contribution in [0.25, 0.3) is 11.3 Å². The largest absolute Gasteiger partial charge is 0.514 e. The van der Waals surface area contributed by atoms with Crippen molar-refractivity contribution in [3.05, 3.63) is 70.0 Å². The maximum absolute atomic E-state index is 13.6. The number of morpholine rings is 1. The molecule has 11 nitrogen and oxygen atoms in total. The van der Waals surface area contributed by atoms with Crippen molar-refractivity contribution in [1.29, 1.82) is 0 Å². The Morgan fingerprint density at radius 2 is 1.61 bits per heavy atom. The molecule has 2 fully saturated rings. The molecule has 5 heterocycles. The minimum absolute atomic E-state index is 0.00530. The van der Waals surface area contributed by atoms with E-state index in [1.807, 2.05) is 27.7 Å². The Morgan fingerprint density at radius 3 is 2.18 bits per heavy atom. The molecule has 0 spiro atoms. The molecule has 5 rings (SSSR count). The predicted molar refractivity (Wildman–Crippen MR) is 182 cm³/mol. The zero-order valence-electron chi connectivity index (χ0n) is 29.2. The zero-order valence-corrected chi connectivity index (χ0v) is 30.7. The number of carbonyl (C=O) groups is 2. The number of hydrogen-bond acceptors (Lipinski definition) is 9. The summed E-state index contributed by atoms with van der Waals surface area (Å²) in [7, 11) is 0.586. The van der Waals surface area contributed by atoms with Crippen molar-refractivity contribution in [2.24, 2.45) is 0 Å². The third kappa shape index (κ3) is 10.3. The summed E-state index contributed by atoms with van der Waals surface area (Å²) in [5.41, 5.74) is -0.592. The molecule has 3 aromatic heterocycles. The number of aromatic nitrogens is 3. The van der Waals surface area contributed by atoms with Crippen LogP contribution >= 0.6 is 23.2 Å². The second kappa shape index (κ2) is 15.2. The summed E-state index contributed by atoms with van der Waals surface area (Å²) < 4.78 is 76.8. The normalized spacial score (nSPS) is 20.0. The Bertz CT molecular complexity index is 1750. The van der Waals surface area contributed by atoms with Gasteiger partial charge in [-0.15, -0.1) is 0 Å². The number of nitrogens with one attached hydrogen (secondary N) is 1. The molecule has 0 bridgehead atoms. The zero-order chi connectivity index (χ0) is 38.1. The molecule has 3 aromatic rings. The van der Waals surface area contributed by atoms with E-state index in [2.05, 4.69) is 20.3 Å². The molecule has 1 N–H and O–H groups in total. The quantitative estimate of drug-likeness (QED) is 0.179. The van der Waals surface area contributed by atoms with E-state index in [0.29, 0.717) is 27.6 Å². The maximum Gasteiger partial charge on any atom is 0.514 e. The summed E-state index contributed by atoms with van der Waals surface area (Å²) in [6, 6.07) is 10.6. The lowest BCUT2D eigenvalue weighted by molar-refractivity contribution is -0.252. The van der Waals surface area contributed by atoms with Crippen LogP contribution in [0.3, 0.4) is 0 Å². The van der Waals surface area contributed by atoms with Crippen LogP contribution in [0.15, 0.2) is 42.5 Å². The Balaban J connectivity index is 0.000000272. The number of ether oxygens (including phenoxy) is 2. The lowest BCUT2D eigenvalue weighted by Crippen LogP contribution is -2.53. The maximum atomic E-state index is 13.6. The van der Waals surface area contributed by atoms with Gasteiger partial charge in [-0.25, -0.2) is 19.7 Å². The van der Waals surface area contributed by atoms with E-state index >= 15 is 0 Å². The van der Waals surface area contributed by atoms with E-state index in [0.717, 1.165) is 4.90 Å². The molecule has 2 unspecified atom stereocenters. The second-order valence-corrected chi connectivity index (χ2v) is 14.5. The summed E-state index contributed by atoms with van der Waals surface area (Å²) >= 11 is 12.0. The van der Waals surface area contributed by atoms with Crippen LogP contribution in [-0.2, 0) is 18.8 Å². The monoisotopic (exact) mass is 757 g/mol. The van der Waals surface area contributed by atoms with Crippen molar-refractivity contribution in [2.75, 3.05) is 20.1 Å². The Morgan fingerprint density at radius 1 is 0.961 bits per heavy atom. The fourth-order valence-corrected chi connectivity index (χ4v) is 5.25. The number of carbonyl (C=O) groups excluding carboxylic acids is 2. The molecule has 0 aliphatic carbocycles. The van der Waals surface area contributed by atoms with Crippen LogP contribution < -0.4 is 10.9 Å². The summed E-state index contributed by atoms with van der Waals surface area (Å²) in [5.74, 6) is -1.20. The van der Waals surface area contributed by atoms with E-state index < -0.39 is 66.8 Å². The van der Waals surface area contributed by atoms with Crippen LogP contribution in [0, 0.1) is 5.95 Å². The molecule has 2 aliphatic heterocycles. The first-order chi connectivity index (χ1) is 23.5. The molecule has 2 atom stereocenters. The van der Waals surface area contributed by atoms with E-state index in [4.69, 9.17) is 42.0 Å². The highest BCUT2D eigenvalue weighted by atomic mass is 35.5. The van der Waals surface area contributed by atoms with E-state index in [1.54, 1.807) is 39.0 Å². The first kappa shape index (κ1) is 40.2. The Kier molecular flexibility index (Phi) is 12.0. The smallest absolute Gasteiger partial charge is 0.444 e. The van der Waals surface area contributed by atoms with E-state index in [1.165, 1.54) is 31.3 Å². The molecule has 2 saturated heterocycles. The molecule has 2 amide bonds. The van der Waals surface area contributed by atoms with E-state index in [9.17, 15) is 27.2 Å². The molecule has 0 radical (unpaired) electrons. The molecule has 276 valence electrons. The molecule has 0 aromatic carbocycles. The van der Waals surface area contributed by atoms with Gasteiger partial charge < -0.3 is 29.0 Å². The van der Waals surface area contributed by atoms with Gasteiger partial charge in [-0.05, 0) is 84.4 Å². The van der Waals surface area contributed by atoms with Crippen LogP contribution in [0.4, 0.5) is 22.4 Å². The van der Waals surface area contributed by atoms with Crippen LogP contribution in [0.5, 0.6) is 0 Å². The number of pyridine rings is 3. The third-order valence-electron chi connectivity index (χ3n) is 8.09. The Hall–Kier alpha value is -3.57. The minimum atomic E-state index is -4.68. The van der Waals surface area contributed by atoms with Gasteiger partial charge in [0.1, 0.15) is 27.7 Å². The SMILES string of the molecule is CC(C)(C)OC(=O)N1CC(c2cc(Cl)nc(B3OC(C)(C)C(C)(C)O3)c2)OC(C(F)(F)F)C1.CNC(=O)c1cc(-c2cccc(Cl)n2)cc(F)n1. The van der Waals surface area contributed by atoms with Crippen molar-refractivity contribution in [3.8, 4) is 11.3 Å². The number of halogens is 6. The molecular formula is C33H38BCl2F4N5O6. The van der Waals surface area contributed by atoms with Gasteiger partial charge in [0.05, 0.1) is 35.6 Å². The lowest BCUT2D eigenvalue weighted by atomic mass is 9.83. The van der Waals surface area contributed by atoms with Gasteiger partial charge in [-0.2, -0.15) is 17.6 Å². The van der Waals surface area contributed by atoms with Gasteiger partial charge in [0.2, 0.25) is 5.95 Å². The minimum Gasteiger partial charge on any atom is -0.444 e. The van der Waals surface area contributed by atoms with Gasteiger partial charge in [0.15, 0.2) is 6.10 Å². The predicted octanol–water partition coefficient (Wildman–Crippen LogP) is 6.57. The highest BCUT2D eigenvalue weighted by molar-refractivity contribution is 6.61. The summed E-state index contributed by atoms with van der Waals surface area (Å²) in [4.78, 5) is 36.8. The van der Waals surface area contributed by atoms with Gasteiger partial charge in [0, 0.05) is 18.7 Å². The van der Waals surface area contributed by atoms with Crippen LogP contribution in [-0.4, -0.2) is 88.2 Å². The average Bonchev–Trinajstić information content (AvgIpc) is 3.25. The molecule has 2 aliphatic rings. The third-order valence-corrected chi connectivity index (χ3v) is 8.49. The summed E-state index contributed by atoms with van der Waals surface area (Å²) in [6.45, 7) is 11.6. The topological polar surface area (TPSA) is 125 Å². The van der Waals surface area contributed by atoms with Gasteiger partial charge in [-0.3, -0.25) is 4.79 Å². The second-order valence-electron chi connectivity index (χ2n) is 13.8. The summed E-state index contributed by atoms with van der Waals surface area (Å²) in [6.07, 6.45) is -8.82. The van der Waals surface area contributed by atoms with Crippen molar-refractivity contribution in [1.82, 2.24) is 25.2 Å². The molecule has 51 heavy (non-hydrogen) atoms. The van der Waals surface area contributed by atoms with Crippen molar-refractivity contribution >= 4 is 47.9 Å². The van der Waals surface area contributed by atoms with Gasteiger partial charge in [0.25, 0.3) is 5.91 Å². The fourth-order valence-electron chi connectivity index (χ4n) is 4.87. The Labute approximate surface area is 303 Å². The van der Waals surface area contributed by atoms with Gasteiger partial charge >= 0.3 is 19.4 Å². The van der Waals surface area contributed by atoms with E-state index in [-0.39, 0.29) is 17.4 Å². The number of nitrogens with zero attached hydrogens (tertiary/aromatic N) is 4.